The summed E-state index contributed by atoms with van der Waals surface area (Å²) in [6.07, 6.45) is 2.13. The second-order valence-corrected chi connectivity index (χ2v) is 4.59. The second-order valence-electron chi connectivity index (χ2n) is 4.59. The maximum absolute atomic E-state index is 12.2. The van der Waals surface area contributed by atoms with Crippen LogP contribution in [0.5, 0.6) is 0 Å². The first-order valence-electron chi connectivity index (χ1n) is 5.93. The van der Waals surface area contributed by atoms with E-state index in [-0.39, 0.29) is 23.7 Å². The van der Waals surface area contributed by atoms with Crippen LogP contribution in [-0.2, 0) is 9.59 Å². The van der Waals surface area contributed by atoms with Gasteiger partial charge in [-0.1, -0.05) is 0 Å². The molecule has 2 rings (SSSR count). The fourth-order valence-corrected chi connectivity index (χ4v) is 2.50. The van der Waals surface area contributed by atoms with Gasteiger partial charge >= 0.3 is 0 Å². The van der Waals surface area contributed by atoms with Crippen molar-refractivity contribution in [2.45, 2.75) is 26.7 Å². The molecule has 0 atom stereocenters. The molecule has 0 aromatic rings. The average Bonchev–Trinajstić information content (AvgIpc) is 2.81. The lowest BCUT2D eigenvalue weighted by atomic mass is 9.88. The second kappa shape index (κ2) is 4.45. The molecule has 2 aliphatic rings. The molecule has 1 fully saturated rings. The minimum absolute atomic E-state index is 0.104. The number of nitrogens with zero attached hydrogens (tertiary/aromatic N) is 1. The fraction of sp³-hybridized carbons (Fsp3) is 0.538. The molecule has 1 aliphatic carbocycles. The van der Waals surface area contributed by atoms with Crippen LogP contribution in [0, 0.1) is 0 Å². The molecule has 1 aliphatic heterocycles. The summed E-state index contributed by atoms with van der Waals surface area (Å²) in [6, 6.07) is 0. The molecule has 0 amide bonds. The molecule has 0 unspecified atom stereocenters. The number of aliphatic hydroxyl groups is 1. The predicted molar refractivity (Wildman–Crippen MR) is 63.3 cm³/mol. The molecule has 0 aromatic heterocycles. The van der Waals surface area contributed by atoms with Crippen LogP contribution < -0.4 is 0 Å². The topological polar surface area (TPSA) is 57.6 Å². The summed E-state index contributed by atoms with van der Waals surface area (Å²) >= 11 is 0. The van der Waals surface area contributed by atoms with E-state index in [0.717, 1.165) is 25.9 Å². The molecule has 0 radical (unpaired) electrons. The Balaban J connectivity index is 2.43. The van der Waals surface area contributed by atoms with Crippen LogP contribution in [0.2, 0.25) is 0 Å². The Bertz CT molecular complexity index is 440. The first-order valence-corrected chi connectivity index (χ1v) is 5.93. The number of likely N-dealkylation sites (tertiary alicyclic amines) is 1. The molecule has 4 heteroatoms. The van der Waals surface area contributed by atoms with Crippen molar-refractivity contribution in [3.63, 3.8) is 0 Å². The average molecular weight is 235 g/mol. The Labute approximate surface area is 101 Å². The van der Waals surface area contributed by atoms with Crippen LogP contribution in [0.4, 0.5) is 0 Å². The maximum atomic E-state index is 12.2. The zero-order chi connectivity index (χ0) is 12.6. The number of rotatable bonds is 2. The zero-order valence-electron chi connectivity index (χ0n) is 10.2. The third kappa shape index (κ3) is 1.82. The van der Waals surface area contributed by atoms with Gasteiger partial charge in [0, 0.05) is 29.8 Å². The van der Waals surface area contributed by atoms with Gasteiger partial charge in [0.1, 0.15) is 0 Å². The van der Waals surface area contributed by atoms with E-state index in [0.29, 0.717) is 16.8 Å². The third-order valence-electron chi connectivity index (χ3n) is 3.56. The van der Waals surface area contributed by atoms with Gasteiger partial charge in [0.25, 0.3) is 0 Å². The summed E-state index contributed by atoms with van der Waals surface area (Å²) in [5, 5.41) is 9.15. The zero-order valence-corrected chi connectivity index (χ0v) is 10.2. The standard InChI is InChI=1S/C13H17NO3/c1-8-10(7-15)12(16)9(2)11(13(8)17)14-5-3-4-6-14/h15H,3-7H2,1-2H3. The van der Waals surface area contributed by atoms with Crippen LogP contribution in [-0.4, -0.2) is 41.3 Å². The minimum Gasteiger partial charge on any atom is -0.392 e. The number of carbonyl (C=O) groups excluding carboxylic acids is 2. The molecule has 4 nitrogen and oxygen atoms in total. The molecule has 1 heterocycles. The molecular weight excluding hydrogens is 218 g/mol. The van der Waals surface area contributed by atoms with Crippen LogP contribution in [0.3, 0.4) is 0 Å². The SMILES string of the molecule is CC1=C(CO)C(=O)C(C)=C(N2CCCC2)C1=O. The van der Waals surface area contributed by atoms with Crippen molar-refractivity contribution >= 4 is 11.6 Å². The van der Waals surface area contributed by atoms with E-state index in [4.69, 9.17) is 5.11 Å². The molecule has 0 spiro atoms. The highest BCUT2D eigenvalue weighted by Gasteiger charge is 2.33. The highest BCUT2D eigenvalue weighted by molar-refractivity contribution is 6.24. The number of Topliss-reactive ketones (excluding diaryl/α,β-unsaturated/α-hetero) is 2. The number of hydrogen-bond acceptors (Lipinski definition) is 4. The van der Waals surface area contributed by atoms with Crippen molar-refractivity contribution in [3.05, 3.63) is 22.4 Å². The van der Waals surface area contributed by atoms with Gasteiger partial charge in [-0.2, -0.15) is 0 Å². The van der Waals surface area contributed by atoms with Gasteiger partial charge in [-0.25, -0.2) is 0 Å². The summed E-state index contributed by atoms with van der Waals surface area (Å²) in [5.74, 6) is -0.292. The van der Waals surface area contributed by atoms with Crippen molar-refractivity contribution in [2.75, 3.05) is 19.7 Å². The van der Waals surface area contributed by atoms with Crippen LogP contribution >= 0.6 is 0 Å². The molecular formula is C13H17NO3. The van der Waals surface area contributed by atoms with Gasteiger partial charge in [-0.3, -0.25) is 9.59 Å². The fourth-order valence-electron chi connectivity index (χ4n) is 2.50. The summed E-state index contributed by atoms with van der Waals surface area (Å²) in [6.45, 7) is 4.62. The summed E-state index contributed by atoms with van der Waals surface area (Å²) in [7, 11) is 0. The Morgan fingerprint density at radius 1 is 1.06 bits per heavy atom. The van der Waals surface area contributed by atoms with Crippen molar-refractivity contribution in [3.8, 4) is 0 Å². The lowest BCUT2D eigenvalue weighted by Crippen LogP contribution is -2.33. The predicted octanol–water partition coefficient (Wildman–Crippen LogP) is 0.817. The van der Waals surface area contributed by atoms with Gasteiger partial charge in [0.15, 0.2) is 5.78 Å². The van der Waals surface area contributed by atoms with Crippen molar-refractivity contribution in [1.29, 1.82) is 0 Å². The van der Waals surface area contributed by atoms with Gasteiger partial charge in [0.2, 0.25) is 5.78 Å². The Morgan fingerprint density at radius 2 is 1.65 bits per heavy atom. The van der Waals surface area contributed by atoms with E-state index in [9.17, 15) is 9.59 Å². The molecule has 1 N–H and O–H groups in total. The van der Waals surface area contributed by atoms with E-state index in [1.54, 1.807) is 13.8 Å². The molecule has 1 saturated heterocycles. The van der Waals surface area contributed by atoms with Crippen LogP contribution in [0.25, 0.3) is 0 Å². The summed E-state index contributed by atoms with van der Waals surface area (Å²) < 4.78 is 0. The number of aliphatic hydroxyl groups excluding tert-OH is 1. The number of carbonyl (C=O) groups is 2. The van der Waals surface area contributed by atoms with E-state index in [2.05, 4.69) is 0 Å². The van der Waals surface area contributed by atoms with E-state index >= 15 is 0 Å². The Morgan fingerprint density at radius 3 is 2.18 bits per heavy atom. The normalized spacial score (nSPS) is 21.9. The van der Waals surface area contributed by atoms with Crippen molar-refractivity contribution in [2.24, 2.45) is 0 Å². The first kappa shape index (κ1) is 12.0. The van der Waals surface area contributed by atoms with Crippen molar-refractivity contribution < 1.29 is 14.7 Å². The molecule has 0 aromatic carbocycles. The number of ketones is 2. The van der Waals surface area contributed by atoms with Crippen LogP contribution in [0.1, 0.15) is 26.7 Å². The van der Waals surface area contributed by atoms with Crippen molar-refractivity contribution in [1.82, 2.24) is 4.90 Å². The quantitative estimate of drug-likeness (QED) is 0.720. The highest BCUT2D eigenvalue weighted by atomic mass is 16.3. The van der Waals surface area contributed by atoms with Gasteiger partial charge in [0.05, 0.1) is 12.3 Å². The minimum atomic E-state index is -0.360. The molecule has 0 bridgehead atoms. The smallest absolute Gasteiger partial charge is 0.205 e. The van der Waals surface area contributed by atoms with Gasteiger partial charge in [-0.15, -0.1) is 0 Å². The lowest BCUT2D eigenvalue weighted by molar-refractivity contribution is -0.117. The largest absolute Gasteiger partial charge is 0.392 e. The third-order valence-corrected chi connectivity index (χ3v) is 3.56. The highest BCUT2D eigenvalue weighted by Crippen LogP contribution is 2.28. The van der Waals surface area contributed by atoms with Crippen LogP contribution in [0.15, 0.2) is 22.4 Å². The number of allylic oxidation sites excluding steroid dienone is 2. The molecule has 0 saturated carbocycles. The number of hydrogen-bond donors (Lipinski definition) is 1. The Hall–Kier alpha value is -1.42. The van der Waals surface area contributed by atoms with E-state index in [1.165, 1.54) is 0 Å². The maximum Gasteiger partial charge on any atom is 0.205 e. The first-order chi connectivity index (χ1) is 8.07. The summed E-state index contributed by atoms with van der Waals surface area (Å²) in [4.78, 5) is 26.2. The van der Waals surface area contributed by atoms with Gasteiger partial charge < -0.3 is 10.0 Å². The van der Waals surface area contributed by atoms with E-state index in [1.807, 2.05) is 4.90 Å². The van der Waals surface area contributed by atoms with Gasteiger partial charge in [-0.05, 0) is 26.7 Å². The monoisotopic (exact) mass is 235 g/mol. The van der Waals surface area contributed by atoms with E-state index < -0.39 is 0 Å². The Kier molecular flexibility index (Phi) is 3.15. The lowest BCUT2D eigenvalue weighted by Gasteiger charge is -2.27. The summed E-state index contributed by atoms with van der Waals surface area (Å²) in [5.41, 5.74) is 1.66. The molecule has 17 heavy (non-hydrogen) atoms. The molecule has 92 valence electrons.